The second-order valence-corrected chi connectivity index (χ2v) is 4.70. The van der Waals surface area contributed by atoms with E-state index in [4.69, 9.17) is 4.18 Å². The fourth-order valence-corrected chi connectivity index (χ4v) is 1.95. The molecule has 0 amide bonds. The highest BCUT2D eigenvalue weighted by molar-refractivity contribution is 7.87. The Balaban J connectivity index is 2.81. The summed E-state index contributed by atoms with van der Waals surface area (Å²) in [5.41, 5.74) is 0.677. The predicted molar refractivity (Wildman–Crippen MR) is 57.6 cm³/mol. The van der Waals surface area contributed by atoms with Gasteiger partial charge in [0.15, 0.2) is 5.75 Å². The topological polar surface area (TPSA) is 69.7 Å². The number of benzene rings is 1. The highest BCUT2D eigenvalue weighted by Crippen LogP contribution is 2.18. The van der Waals surface area contributed by atoms with Gasteiger partial charge >= 0.3 is 16.1 Å². The summed E-state index contributed by atoms with van der Waals surface area (Å²) in [5.74, 6) is -1.43. The Morgan fingerprint density at radius 2 is 1.94 bits per heavy atom. The van der Waals surface area contributed by atoms with Gasteiger partial charge in [-0.3, -0.25) is 4.79 Å². The Morgan fingerprint density at radius 1 is 1.31 bits per heavy atom. The van der Waals surface area contributed by atoms with Crippen LogP contribution in [-0.2, 0) is 19.6 Å². The zero-order chi connectivity index (χ0) is 12.2. The molecule has 1 aromatic rings. The Kier molecular flexibility index (Phi) is 3.89. The molecule has 0 N–H and O–H groups in total. The molecule has 0 saturated heterocycles. The summed E-state index contributed by atoms with van der Waals surface area (Å²) in [5, 5.41) is 0. The van der Waals surface area contributed by atoms with Gasteiger partial charge in [0.25, 0.3) is 0 Å². The summed E-state index contributed by atoms with van der Waals surface area (Å²) in [6.07, 6.45) is 0. The normalized spacial score (nSPS) is 10.9. The molecular weight excluding hydrogens is 232 g/mol. The van der Waals surface area contributed by atoms with Gasteiger partial charge in [-0.15, -0.1) is 0 Å². The van der Waals surface area contributed by atoms with Gasteiger partial charge in [-0.2, -0.15) is 8.42 Å². The van der Waals surface area contributed by atoms with Gasteiger partial charge in [-0.1, -0.05) is 18.2 Å². The number of esters is 1. The van der Waals surface area contributed by atoms with E-state index < -0.39 is 21.8 Å². The maximum Gasteiger partial charge on any atom is 0.324 e. The number of hydrogen-bond donors (Lipinski definition) is 0. The molecule has 0 aromatic heterocycles. The van der Waals surface area contributed by atoms with Gasteiger partial charge in [0.1, 0.15) is 5.75 Å². The average Bonchev–Trinajstić information content (AvgIpc) is 2.20. The van der Waals surface area contributed by atoms with Crippen molar-refractivity contribution in [2.75, 3.05) is 12.9 Å². The first-order valence-electron chi connectivity index (χ1n) is 4.49. The molecular formula is C10H12O5S. The Bertz CT molecular complexity index is 478. The first-order chi connectivity index (χ1) is 7.44. The van der Waals surface area contributed by atoms with Crippen LogP contribution in [0, 0.1) is 6.92 Å². The van der Waals surface area contributed by atoms with Crippen LogP contribution in [0.4, 0.5) is 0 Å². The van der Waals surface area contributed by atoms with E-state index in [1.165, 1.54) is 6.07 Å². The highest BCUT2D eigenvalue weighted by Gasteiger charge is 2.19. The molecule has 6 heteroatoms. The highest BCUT2D eigenvalue weighted by atomic mass is 32.2. The molecule has 1 rings (SSSR count). The lowest BCUT2D eigenvalue weighted by molar-refractivity contribution is -0.137. The third-order valence-corrected chi connectivity index (χ3v) is 2.86. The number of methoxy groups -OCH3 is 1. The predicted octanol–water partition coefficient (Wildman–Crippen LogP) is 0.877. The maximum atomic E-state index is 11.4. The van der Waals surface area contributed by atoms with Crippen LogP contribution in [0.1, 0.15) is 5.56 Å². The Labute approximate surface area is 94.1 Å². The molecule has 88 valence electrons. The van der Waals surface area contributed by atoms with E-state index in [1.54, 1.807) is 25.1 Å². The van der Waals surface area contributed by atoms with Crippen LogP contribution < -0.4 is 4.18 Å². The van der Waals surface area contributed by atoms with E-state index in [9.17, 15) is 13.2 Å². The van der Waals surface area contributed by atoms with Crippen molar-refractivity contribution in [3.63, 3.8) is 0 Å². The summed E-state index contributed by atoms with van der Waals surface area (Å²) in [7, 11) is -2.83. The molecule has 1 aromatic carbocycles. The minimum atomic E-state index is -3.94. The summed E-state index contributed by atoms with van der Waals surface area (Å²) in [4.78, 5) is 10.8. The third kappa shape index (κ3) is 3.54. The summed E-state index contributed by atoms with van der Waals surface area (Å²) < 4.78 is 31.8. The van der Waals surface area contributed by atoms with Crippen LogP contribution >= 0.6 is 0 Å². The first-order valence-corrected chi connectivity index (χ1v) is 6.07. The lowest BCUT2D eigenvalue weighted by atomic mass is 10.2. The minimum absolute atomic E-state index is 0.214. The second-order valence-electron chi connectivity index (χ2n) is 3.13. The molecule has 16 heavy (non-hydrogen) atoms. The molecule has 5 nitrogen and oxygen atoms in total. The molecule has 0 unspecified atom stereocenters. The van der Waals surface area contributed by atoms with Gasteiger partial charge in [0.2, 0.25) is 0 Å². The average molecular weight is 244 g/mol. The fraction of sp³-hybridized carbons (Fsp3) is 0.300. The van der Waals surface area contributed by atoms with Crippen molar-refractivity contribution < 1.29 is 22.1 Å². The van der Waals surface area contributed by atoms with E-state index in [2.05, 4.69) is 4.74 Å². The number of aryl methyl sites for hydroxylation is 1. The number of carbonyl (C=O) groups is 1. The van der Waals surface area contributed by atoms with Crippen molar-refractivity contribution in [2.45, 2.75) is 6.92 Å². The Morgan fingerprint density at radius 3 is 2.50 bits per heavy atom. The summed E-state index contributed by atoms with van der Waals surface area (Å²) >= 11 is 0. The van der Waals surface area contributed by atoms with Crippen molar-refractivity contribution in [3.8, 4) is 5.75 Å². The molecule has 0 fully saturated rings. The number of para-hydroxylation sites is 1. The van der Waals surface area contributed by atoms with Crippen molar-refractivity contribution in [2.24, 2.45) is 0 Å². The lowest BCUT2D eigenvalue weighted by Crippen LogP contribution is -2.22. The zero-order valence-electron chi connectivity index (χ0n) is 8.97. The molecule has 0 aliphatic heterocycles. The van der Waals surface area contributed by atoms with Crippen LogP contribution in [-0.4, -0.2) is 27.2 Å². The van der Waals surface area contributed by atoms with E-state index in [-0.39, 0.29) is 5.75 Å². The van der Waals surface area contributed by atoms with Crippen molar-refractivity contribution in [3.05, 3.63) is 29.8 Å². The second kappa shape index (κ2) is 4.98. The van der Waals surface area contributed by atoms with Gasteiger partial charge in [-0.25, -0.2) is 0 Å². The molecule has 0 saturated carbocycles. The van der Waals surface area contributed by atoms with Gasteiger partial charge < -0.3 is 8.92 Å². The van der Waals surface area contributed by atoms with Crippen LogP contribution in [0.5, 0.6) is 5.75 Å². The van der Waals surface area contributed by atoms with Crippen LogP contribution in [0.25, 0.3) is 0 Å². The third-order valence-electron chi connectivity index (χ3n) is 1.83. The molecule has 0 heterocycles. The quantitative estimate of drug-likeness (QED) is 0.580. The van der Waals surface area contributed by atoms with Gasteiger partial charge in [-0.05, 0) is 18.6 Å². The maximum absolute atomic E-state index is 11.4. The van der Waals surface area contributed by atoms with E-state index in [0.717, 1.165) is 7.11 Å². The monoisotopic (exact) mass is 244 g/mol. The minimum Gasteiger partial charge on any atom is -0.468 e. The number of hydrogen-bond acceptors (Lipinski definition) is 5. The molecule has 0 aliphatic carbocycles. The first kappa shape index (κ1) is 12.5. The standard InChI is InChI=1S/C10H12O5S/c1-8-5-3-4-6-9(8)15-16(12,13)7-10(11)14-2/h3-6H,7H2,1-2H3. The molecule has 0 radical (unpaired) electrons. The van der Waals surface area contributed by atoms with Crippen molar-refractivity contribution in [1.29, 1.82) is 0 Å². The van der Waals surface area contributed by atoms with Crippen LogP contribution in [0.15, 0.2) is 24.3 Å². The smallest absolute Gasteiger partial charge is 0.324 e. The summed E-state index contributed by atoms with van der Waals surface area (Å²) in [6, 6.07) is 6.64. The van der Waals surface area contributed by atoms with E-state index >= 15 is 0 Å². The van der Waals surface area contributed by atoms with Crippen LogP contribution in [0.2, 0.25) is 0 Å². The molecule has 0 bridgehead atoms. The van der Waals surface area contributed by atoms with Gasteiger partial charge in [0.05, 0.1) is 7.11 Å². The summed E-state index contributed by atoms with van der Waals surface area (Å²) in [6.45, 7) is 1.71. The van der Waals surface area contributed by atoms with E-state index in [0.29, 0.717) is 5.56 Å². The SMILES string of the molecule is COC(=O)CS(=O)(=O)Oc1ccccc1C. The van der Waals surface area contributed by atoms with E-state index in [1.807, 2.05) is 0 Å². The number of ether oxygens (including phenoxy) is 1. The fourth-order valence-electron chi connectivity index (χ4n) is 1.02. The number of carbonyl (C=O) groups excluding carboxylic acids is 1. The van der Waals surface area contributed by atoms with Crippen molar-refractivity contribution >= 4 is 16.1 Å². The number of rotatable bonds is 4. The van der Waals surface area contributed by atoms with Crippen molar-refractivity contribution in [1.82, 2.24) is 0 Å². The van der Waals surface area contributed by atoms with Gasteiger partial charge in [0, 0.05) is 0 Å². The van der Waals surface area contributed by atoms with Crippen LogP contribution in [0.3, 0.4) is 0 Å². The zero-order valence-corrected chi connectivity index (χ0v) is 9.78. The molecule has 0 atom stereocenters. The molecule has 0 aliphatic rings. The Hall–Kier alpha value is -1.56. The molecule has 0 spiro atoms. The largest absolute Gasteiger partial charge is 0.468 e. The lowest BCUT2D eigenvalue weighted by Gasteiger charge is -2.07.